The van der Waals surface area contributed by atoms with Gasteiger partial charge < -0.3 is 10.5 Å². The summed E-state index contributed by atoms with van der Waals surface area (Å²) in [4.78, 5) is 11.2. The van der Waals surface area contributed by atoms with Crippen molar-refractivity contribution in [3.05, 3.63) is 33.8 Å². The lowest BCUT2D eigenvalue weighted by atomic mass is 10.0. The number of hydrogen-bond acceptors (Lipinski definition) is 3. The minimum absolute atomic E-state index is 0. The summed E-state index contributed by atoms with van der Waals surface area (Å²) in [5, 5.41) is 0. The van der Waals surface area contributed by atoms with Gasteiger partial charge in [-0.2, -0.15) is 13.2 Å². The zero-order valence-electron chi connectivity index (χ0n) is 9.12. The molecule has 18 heavy (non-hydrogen) atoms. The van der Waals surface area contributed by atoms with Crippen molar-refractivity contribution in [1.29, 1.82) is 0 Å². The lowest BCUT2D eigenvalue weighted by Gasteiger charge is -2.14. The number of hydrogen-bond donors (Lipinski definition) is 1. The summed E-state index contributed by atoms with van der Waals surface area (Å²) in [6.07, 6.45) is -4.48. The van der Waals surface area contributed by atoms with Crippen LogP contribution in [0.3, 0.4) is 0 Å². The third-order valence-corrected chi connectivity index (χ3v) is 2.84. The molecule has 0 aromatic heterocycles. The van der Waals surface area contributed by atoms with Crippen molar-refractivity contribution < 1.29 is 22.7 Å². The molecule has 0 amide bonds. The second-order valence-corrected chi connectivity index (χ2v) is 4.09. The molecule has 0 aliphatic carbocycles. The minimum Gasteiger partial charge on any atom is -0.468 e. The van der Waals surface area contributed by atoms with Gasteiger partial charge in [0, 0.05) is 4.47 Å². The van der Waals surface area contributed by atoms with Crippen LogP contribution in [0.15, 0.2) is 22.7 Å². The third-order valence-electron chi connectivity index (χ3n) is 2.11. The molecule has 0 aliphatic heterocycles. The van der Waals surface area contributed by atoms with Gasteiger partial charge in [0.05, 0.1) is 12.7 Å². The van der Waals surface area contributed by atoms with E-state index in [1.807, 2.05) is 0 Å². The van der Waals surface area contributed by atoms with Gasteiger partial charge in [-0.25, -0.2) is 0 Å². The first-order valence-corrected chi connectivity index (χ1v) is 5.26. The maximum atomic E-state index is 12.5. The van der Waals surface area contributed by atoms with E-state index in [4.69, 9.17) is 5.73 Å². The fourth-order valence-corrected chi connectivity index (χ4v) is 1.71. The molecule has 3 nitrogen and oxygen atoms in total. The van der Waals surface area contributed by atoms with E-state index in [-0.39, 0.29) is 18.0 Å². The normalized spacial score (nSPS) is 12.6. The number of nitrogens with two attached hydrogens (primary N) is 1. The first-order chi connectivity index (χ1) is 7.77. The second-order valence-electron chi connectivity index (χ2n) is 3.23. The maximum Gasteiger partial charge on any atom is 0.416 e. The van der Waals surface area contributed by atoms with Crippen LogP contribution < -0.4 is 5.73 Å². The number of carbonyl (C=O) groups excluding carboxylic acids is 1. The highest BCUT2D eigenvalue weighted by atomic mass is 79.9. The molecule has 0 saturated heterocycles. The van der Waals surface area contributed by atoms with Crippen molar-refractivity contribution in [2.75, 3.05) is 7.11 Å². The molecular weight excluding hydrogens is 338 g/mol. The molecule has 0 aliphatic rings. The molecule has 0 radical (unpaired) electrons. The molecule has 2 N–H and O–H groups in total. The molecule has 1 atom stereocenters. The number of esters is 1. The summed E-state index contributed by atoms with van der Waals surface area (Å²) < 4.78 is 42.1. The van der Waals surface area contributed by atoms with E-state index in [1.165, 1.54) is 6.07 Å². The molecule has 0 heterocycles. The maximum absolute atomic E-state index is 12.5. The Kier molecular flexibility index (Phi) is 6.12. The van der Waals surface area contributed by atoms with E-state index < -0.39 is 23.8 Å². The molecule has 1 rings (SSSR count). The Balaban J connectivity index is 0.00000289. The molecule has 1 aromatic rings. The van der Waals surface area contributed by atoms with Crippen molar-refractivity contribution in [1.82, 2.24) is 0 Å². The van der Waals surface area contributed by atoms with Crippen LogP contribution >= 0.6 is 28.3 Å². The lowest BCUT2D eigenvalue weighted by molar-refractivity contribution is -0.143. The number of alkyl halides is 3. The SMILES string of the molecule is COC(=O)[C@H](N)c1cc(C(F)(F)F)ccc1Br.Cl. The lowest BCUT2D eigenvalue weighted by Crippen LogP contribution is -2.23. The van der Waals surface area contributed by atoms with E-state index in [2.05, 4.69) is 20.7 Å². The smallest absolute Gasteiger partial charge is 0.416 e. The van der Waals surface area contributed by atoms with Crippen LogP contribution in [0.25, 0.3) is 0 Å². The van der Waals surface area contributed by atoms with Crippen LogP contribution in [0.2, 0.25) is 0 Å². The number of methoxy groups -OCH3 is 1. The fraction of sp³-hybridized carbons (Fsp3) is 0.300. The van der Waals surface area contributed by atoms with E-state index in [9.17, 15) is 18.0 Å². The zero-order chi connectivity index (χ0) is 13.2. The summed E-state index contributed by atoms with van der Waals surface area (Å²) in [5.74, 6) is -0.801. The van der Waals surface area contributed by atoms with Gasteiger partial charge in [-0.3, -0.25) is 4.79 Å². The Bertz CT molecular complexity index is 440. The van der Waals surface area contributed by atoms with Gasteiger partial charge in [-0.05, 0) is 23.8 Å². The van der Waals surface area contributed by atoms with Crippen LogP contribution in [0, 0.1) is 0 Å². The van der Waals surface area contributed by atoms with Crippen LogP contribution in [0.4, 0.5) is 13.2 Å². The van der Waals surface area contributed by atoms with Crippen LogP contribution in [-0.4, -0.2) is 13.1 Å². The van der Waals surface area contributed by atoms with Crippen LogP contribution in [0.5, 0.6) is 0 Å². The molecule has 0 unspecified atom stereocenters. The molecule has 102 valence electrons. The van der Waals surface area contributed by atoms with Crippen molar-refractivity contribution in [2.45, 2.75) is 12.2 Å². The second kappa shape index (κ2) is 6.40. The van der Waals surface area contributed by atoms with Crippen molar-refractivity contribution in [3.63, 3.8) is 0 Å². The van der Waals surface area contributed by atoms with Crippen molar-refractivity contribution in [3.8, 4) is 0 Å². The Morgan fingerprint density at radius 3 is 2.44 bits per heavy atom. The summed E-state index contributed by atoms with van der Waals surface area (Å²) in [7, 11) is 1.11. The number of halogens is 5. The van der Waals surface area contributed by atoms with Gasteiger partial charge in [0.25, 0.3) is 0 Å². The molecule has 8 heteroatoms. The summed E-state index contributed by atoms with van der Waals surface area (Å²) in [6, 6.07) is 1.67. The summed E-state index contributed by atoms with van der Waals surface area (Å²) >= 11 is 3.04. The Labute approximate surface area is 116 Å². The number of benzene rings is 1. The van der Waals surface area contributed by atoms with Gasteiger partial charge in [0.2, 0.25) is 0 Å². The van der Waals surface area contributed by atoms with Gasteiger partial charge in [-0.15, -0.1) is 12.4 Å². The quantitative estimate of drug-likeness (QED) is 0.836. The Morgan fingerprint density at radius 2 is 2.00 bits per heavy atom. The standard InChI is InChI=1S/C10H9BrF3NO2.ClH/c1-17-9(16)8(15)6-4-5(10(12,13)14)2-3-7(6)11;/h2-4,8H,15H2,1H3;1H/t8-;/m1./s1. The van der Waals surface area contributed by atoms with E-state index in [0.29, 0.717) is 4.47 Å². The van der Waals surface area contributed by atoms with Gasteiger partial charge in [0.15, 0.2) is 0 Å². The predicted octanol–water partition coefficient (Wildman–Crippen LogP) is 3.06. The summed E-state index contributed by atoms with van der Waals surface area (Å²) in [5.41, 5.74) is 4.66. The predicted molar refractivity (Wildman–Crippen MR) is 65.3 cm³/mol. The number of rotatable bonds is 2. The van der Waals surface area contributed by atoms with Crippen molar-refractivity contribution in [2.24, 2.45) is 5.73 Å². The van der Waals surface area contributed by atoms with Crippen LogP contribution in [-0.2, 0) is 15.7 Å². The molecule has 0 spiro atoms. The van der Waals surface area contributed by atoms with Crippen molar-refractivity contribution >= 4 is 34.3 Å². The first kappa shape index (κ1) is 17.2. The number of carbonyl (C=O) groups is 1. The average molecular weight is 349 g/mol. The Morgan fingerprint density at radius 1 is 1.44 bits per heavy atom. The van der Waals surface area contributed by atoms with Gasteiger partial charge in [-0.1, -0.05) is 15.9 Å². The van der Waals surface area contributed by atoms with Crippen LogP contribution in [0.1, 0.15) is 17.2 Å². The zero-order valence-corrected chi connectivity index (χ0v) is 11.5. The molecule has 0 saturated carbocycles. The van der Waals surface area contributed by atoms with Gasteiger partial charge in [0.1, 0.15) is 6.04 Å². The average Bonchev–Trinajstić information content (AvgIpc) is 2.26. The summed E-state index contributed by atoms with van der Waals surface area (Å²) in [6.45, 7) is 0. The molecule has 0 bridgehead atoms. The molecule has 0 fully saturated rings. The number of ether oxygens (including phenoxy) is 1. The highest BCUT2D eigenvalue weighted by Gasteiger charge is 2.32. The largest absolute Gasteiger partial charge is 0.468 e. The van der Waals surface area contributed by atoms with E-state index in [1.54, 1.807) is 0 Å². The third kappa shape index (κ3) is 3.86. The highest BCUT2D eigenvalue weighted by Crippen LogP contribution is 2.33. The monoisotopic (exact) mass is 347 g/mol. The Hall–Kier alpha value is -0.790. The van der Waals surface area contributed by atoms with Gasteiger partial charge >= 0.3 is 12.1 Å². The topological polar surface area (TPSA) is 52.3 Å². The first-order valence-electron chi connectivity index (χ1n) is 4.47. The minimum atomic E-state index is -4.48. The highest BCUT2D eigenvalue weighted by molar-refractivity contribution is 9.10. The van der Waals surface area contributed by atoms with E-state index >= 15 is 0 Å². The fourth-order valence-electron chi connectivity index (χ4n) is 1.21. The molecule has 1 aromatic carbocycles. The molecular formula is C10H10BrClF3NO2. The van der Waals surface area contributed by atoms with E-state index in [0.717, 1.165) is 19.2 Å².